The summed E-state index contributed by atoms with van der Waals surface area (Å²) in [5.41, 5.74) is 9.23. The van der Waals surface area contributed by atoms with Crippen molar-refractivity contribution in [2.24, 2.45) is 0 Å². The van der Waals surface area contributed by atoms with Crippen molar-refractivity contribution in [2.45, 2.75) is 20.8 Å². The minimum atomic E-state index is 0.848. The van der Waals surface area contributed by atoms with Crippen molar-refractivity contribution in [3.8, 4) is 34.0 Å². The van der Waals surface area contributed by atoms with Crippen LogP contribution >= 0.6 is 0 Å². The third-order valence-corrected chi connectivity index (χ3v) is 7.27. The molecule has 0 fully saturated rings. The van der Waals surface area contributed by atoms with Gasteiger partial charge in [0.1, 0.15) is 34.0 Å². The first kappa shape index (κ1) is 20.8. The quantitative estimate of drug-likeness (QED) is 0.259. The van der Waals surface area contributed by atoms with Crippen molar-refractivity contribution in [3.05, 3.63) is 108 Å². The van der Waals surface area contributed by atoms with Gasteiger partial charge in [0, 0.05) is 32.8 Å². The number of rotatable bonds is 3. The van der Waals surface area contributed by atoms with Gasteiger partial charge in [-0.25, -0.2) is 0 Å². The molecule has 0 aliphatic carbocycles. The average molecular weight is 469 g/mol. The fourth-order valence-electron chi connectivity index (χ4n) is 5.64. The van der Waals surface area contributed by atoms with Gasteiger partial charge < -0.3 is 13.3 Å². The monoisotopic (exact) mass is 468 g/mol. The van der Waals surface area contributed by atoms with Crippen molar-refractivity contribution >= 4 is 32.9 Å². The van der Waals surface area contributed by atoms with Gasteiger partial charge in [-0.3, -0.25) is 0 Å². The number of fused-ring (bicyclic) bond motifs is 3. The van der Waals surface area contributed by atoms with Crippen LogP contribution in [0.4, 0.5) is 0 Å². The molecular formula is C33H24O3. The van der Waals surface area contributed by atoms with Gasteiger partial charge in [-0.2, -0.15) is 0 Å². The van der Waals surface area contributed by atoms with E-state index in [1.54, 1.807) is 0 Å². The summed E-state index contributed by atoms with van der Waals surface area (Å²) < 4.78 is 19.2. The summed E-state index contributed by atoms with van der Waals surface area (Å²) in [4.78, 5) is 0. The molecule has 3 aromatic heterocycles. The van der Waals surface area contributed by atoms with Crippen LogP contribution in [-0.2, 0) is 0 Å². The summed E-state index contributed by atoms with van der Waals surface area (Å²) in [6.07, 6.45) is 0. The van der Waals surface area contributed by atoms with E-state index in [0.29, 0.717) is 0 Å². The zero-order chi connectivity index (χ0) is 24.4. The van der Waals surface area contributed by atoms with Crippen LogP contribution in [0, 0.1) is 20.8 Å². The summed E-state index contributed by atoms with van der Waals surface area (Å²) >= 11 is 0. The standard InChI is InChI=1S/C33H24O3/c1-19-31(28-16-22-10-4-7-13-25(22)34-28)20(2)33(30-18-24-12-6-9-15-27(24)36-30)21(3)32(19)29-17-23-11-5-8-14-26(23)35-29/h4-18H,1-3H3. The predicted octanol–water partition coefficient (Wildman–Crippen LogP) is 9.85. The number of furan rings is 3. The maximum atomic E-state index is 6.39. The lowest BCUT2D eigenvalue weighted by Crippen LogP contribution is -1.99. The highest BCUT2D eigenvalue weighted by molar-refractivity contribution is 5.95. The van der Waals surface area contributed by atoms with Crippen LogP contribution in [-0.4, -0.2) is 0 Å². The Morgan fingerprint density at radius 2 is 0.667 bits per heavy atom. The molecule has 3 heterocycles. The summed E-state index contributed by atoms with van der Waals surface area (Å²) in [5, 5.41) is 3.26. The van der Waals surface area contributed by atoms with Gasteiger partial charge in [-0.05, 0) is 73.9 Å². The van der Waals surface area contributed by atoms with Crippen LogP contribution in [0.1, 0.15) is 16.7 Å². The normalized spacial score (nSPS) is 11.8. The molecule has 0 bridgehead atoms. The topological polar surface area (TPSA) is 39.4 Å². The zero-order valence-electron chi connectivity index (χ0n) is 20.4. The van der Waals surface area contributed by atoms with Crippen LogP contribution < -0.4 is 0 Å². The first-order chi connectivity index (χ1) is 17.6. The third kappa shape index (κ3) is 3.06. The maximum Gasteiger partial charge on any atom is 0.135 e. The lowest BCUT2D eigenvalue weighted by molar-refractivity contribution is 0.624. The Kier molecular flexibility index (Phi) is 4.49. The Morgan fingerprint density at radius 1 is 0.389 bits per heavy atom. The minimum Gasteiger partial charge on any atom is -0.456 e. The van der Waals surface area contributed by atoms with Crippen molar-refractivity contribution < 1.29 is 13.3 Å². The van der Waals surface area contributed by atoms with Crippen molar-refractivity contribution in [1.82, 2.24) is 0 Å². The van der Waals surface area contributed by atoms with Crippen molar-refractivity contribution in [1.29, 1.82) is 0 Å². The molecule has 0 radical (unpaired) electrons. The van der Waals surface area contributed by atoms with E-state index in [-0.39, 0.29) is 0 Å². The highest BCUT2D eigenvalue weighted by Gasteiger charge is 2.25. The Labute approximate surface area is 208 Å². The number of hydrogen-bond acceptors (Lipinski definition) is 3. The molecule has 3 nitrogen and oxygen atoms in total. The average Bonchev–Trinajstić information content (AvgIpc) is 3.59. The fraction of sp³-hybridized carbons (Fsp3) is 0.0909. The van der Waals surface area contributed by atoms with Crippen LogP contribution in [0.5, 0.6) is 0 Å². The van der Waals surface area contributed by atoms with Crippen LogP contribution in [0.15, 0.2) is 104 Å². The zero-order valence-corrected chi connectivity index (χ0v) is 20.4. The van der Waals surface area contributed by atoms with Crippen LogP contribution in [0.2, 0.25) is 0 Å². The molecule has 0 atom stereocenters. The van der Waals surface area contributed by atoms with Crippen LogP contribution in [0.3, 0.4) is 0 Å². The van der Waals surface area contributed by atoms with Gasteiger partial charge in [-0.15, -0.1) is 0 Å². The van der Waals surface area contributed by atoms with Gasteiger partial charge >= 0.3 is 0 Å². The lowest BCUT2D eigenvalue weighted by Gasteiger charge is -2.19. The van der Waals surface area contributed by atoms with Gasteiger partial charge in [-0.1, -0.05) is 54.6 Å². The summed E-state index contributed by atoms with van der Waals surface area (Å²) in [6, 6.07) is 30.8. The molecule has 0 unspecified atom stereocenters. The molecule has 0 N–H and O–H groups in total. The molecule has 0 aliphatic heterocycles. The second-order valence-electron chi connectivity index (χ2n) is 9.45. The van der Waals surface area contributed by atoms with E-state index >= 15 is 0 Å². The number of benzene rings is 4. The van der Waals surface area contributed by atoms with E-state index in [9.17, 15) is 0 Å². The van der Waals surface area contributed by atoms with E-state index in [1.165, 1.54) is 0 Å². The Balaban J connectivity index is 1.57. The molecule has 0 saturated carbocycles. The minimum absolute atomic E-state index is 0.848. The third-order valence-electron chi connectivity index (χ3n) is 7.27. The maximum absolute atomic E-state index is 6.39. The highest BCUT2D eigenvalue weighted by Crippen LogP contribution is 2.46. The second-order valence-corrected chi connectivity index (χ2v) is 9.45. The molecule has 0 aliphatic rings. The van der Waals surface area contributed by atoms with Gasteiger partial charge in [0.15, 0.2) is 0 Å². The molecule has 0 amide bonds. The largest absolute Gasteiger partial charge is 0.456 e. The smallest absolute Gasteiger partial charge is 0.135 e. The molecule has 4 aromatic carbocycles. The van der Waals surface area contributed by atoms with E-state index in [4.69, 9.17) is 13.3 Å². The van der Waals surface area contributed by atoms with E-state index in [0.717, 1.165) is 83.6 Å². The predicted molar refractivity (Wildman–Crippen MR) is 146 cm³/mol. The summed E-state index contributed by atoms with van der Waals surface area (Å²) in [5.74, 6) is 2.54. The van der Waals surface area contributed by atoms with Gasteiger partial charge in [0.2, 0.25) is 0 Å². The lowest BCUT2D eigenvalue weighted by atomic mass is 9.85. The molecule has 7 aromatic rings. The molecular weight excluding hydrogens is 444 g/mol. The van der Waals surface area contributed by atoms with Crippen LogP contribution in [0.25, 0.3) is 66.9 Å². The highest BCUT2D eigenvalue weighted by atomic mass is 16.3. The van der Waals surface area contributed by atoms with Gasteiger partial charge in [0.05, 0.1) is 0 Å². The van der Waals surface area contributed by atoms with E-state index < -0.39 is 0 Å². The Bertz CT molecular complexity index is 1580. The second kappa shape index (κ2) is 7.76. The first-order valence-electron chi connectivity index (χ1n) is 12.2. The molecule has 0 saturated heterocycles. The van der Waals surface area contributed by atoms with E-state index in [2.05, 4.69) is 57.2 Å². The van der Waals surface area contributed by atoms with Crippen molar-refractivity contribution in [3.63, 3.8) is 0 Å². The van der Waals surface area contributed by atoms with Gasteiger partial charge in [0.25, 0.3) is 0 Å². The fourth-order valence-corrected chi connectivity index (χ4v) is 5.64. The van der Waals surface area contributed by atoms with E-state index in [1.807, 2.05) is 54.6 Å². The first-order valence-corrected chi connectivity index (χ1v) is 12.2. The summed E-state index contributed by atoms with van der Waals surface area (Å²) in [7, 11) is 0. The Morgan fingerprint density at radius 3 is 0.944 bits per heavy atom. The summed E-state index contributed by atoms with van der Waals surface area (Å²) in [6.45, 7) is 6.48. The molecule has 7 rings (SSSR count). The number of para-hydroxylation sites is 3. The molecule has 3 heteroatoms. The molecule has 36 heavy (non-hydrogen) atoms. The number of hydrogen-bond donors (Lipinski definition) is 0. The SMILES string of the molecule is Cc1c(-c2cc3ccccc3o2)c(C)c(-c2cc3ccccc3o2)c(C)c1-c1cc2ccccc2o1. The Hall–Kier alpha value is -4.50. The molecule has 0 spiro atoms. The molecule has 174 valence electrons. The van der Waals surface area contributed by atoms with Crippen molar-refractivity contribution in [2.75, 3.05) is 0 Å².